The molecule has 1 heterocycles. The molecule has 1 atom stereocenters. The lowest BCUT2D eigenvalue weighted by atomic mass is 10.2. The zero-order chi connectivity index (χ0) is 17.5. The summed E-state index contributed by atoms with van der Waals surface area (Å²) < 4.78 is 41.2. The molecule has 0 radical (unpaired) electrons. The minimum atomic E-state index is -5.18. The van der Waals surface area contributed by atoms with Gasteiger partial charge in [-0.3, -0.25) is 9.69 Å². The SMILES string of the molecule is C#CCN(C)C/C=C(/OC(=O)C(F)(F)F)C(=O)N[C@H]1CCNC1. The summed E-state index contributed by atoms with van der Waals surface area (Å²) in [6.45, 7) is 1.48. The van der Waals surface area contributed by atoms with Crippen LogP contribution in [0.25, 0.3) is 0 Å². The number of rotatable bonds is 6. The van der Waals surface area contributed by atoms with E-state index < -0.39 is 23.8 Å². The number of amides is 1. The Bertz CT molecular complexity index is 506. The Hall–Kier alpha value is -2.05. The van der Waals surface area contributed by atoms with E-state index in [1.807, 2.05) is 0 Å². The Morgan fingerprint density at radius 2 is 2.22 bits per heavy atom. The van der Waals surface area contributed by atoms with Crippen molar-refractivity contribution in [3.63, 3.8) is 0 Å². The lowest BCUT2D eigenvalue weighted by Crippen LogP contribution is -2.39. The molecule has 0 aromatic rings. The second-order valence-corrected chi connectivity index (χ2v) is 5.02. The van der Waals surface area contributed by atoms with Gasteiger partial charge in [0.2, 0.25) is 0 Å². The van der Waals surface area contributed by atoms with Crippen LogP contribution in [-0.2, 0) is 14.3 Å². The molecule has 23 heavy (non-hydrogen) atoms. The topological polar surface area (TPSA) is 70.7 Å². The maximum Gasteiger partial charge on any atom is 0.491 e. The first kappa shape index (κ1) is 19.0. The van der Waals surface area contributed by atoms with E-state index >= 15 is 0 Å². The molecule has 0 aromatic carbocycles. The van der Waals surface area contributed by atoms with Crippen LogP contribution in [0.3, 0.4) is 0 Å². The first-order valence-corrected chi connectivity index (χ1v) is 6.86. The standard InChI is InChI=1S/C14H18F3N3O3/c1-3-7-20(2)8-5-11(23-13(22)14(15,16)17)12(21)19-10-4-6-18-9-10/h1,5,10,18H,4,6-9H2,2H3,(H,19,21)/b11-5+/t10-/m0/s1. The minimum Gasteiger partial charge on any atom is -0.414 e. The molecule has 1 amide bonds. The van der Waals surface area contributed by atoms with Gasteiger partial charge in [-0.05, 0) is 26.1 Å². The molecular formula is C14H18F3N3O3. The molecule has 0 aromatic heterocycles. The van der Waals surface area contributed by atoms with Gasteiger partial charge in [-0.15, -0.1) is 6.42 Å². The highest BCUT2D eigenvalue weighted by atomic mass is 19.4. The van der Waals surface area contributed by atoms with Gasteiger partial charge in [0.15, 0.2) is 5.76 Å². The number of ether oxygens (including phenoxy) is 1. The molecule has 6 nitrogen and oxygen atoms in total. The van der Waals surface area contributed by atoms with Crippen molar-refractivity contribution in [2.24, 2.45) is 0 Å². The number of nitrogens with one attached hydrogen (secondary N) is 2. The third-order valence-electron chi connectivity index (χ3n) is 3.00. The predicted octanol–water partition coefficient (Wildman–Crippen LogP) is 0.0189. The molecule has 0 saturated carbocycles. The van der Waals surface area contributed by atoms with Gasteiger partial charge in [0.25, 0.3) is 5.91 Å². The number of hydrogen-bond acceptors (Lipinski definition) is 5. The second kappa shape index (κ2) is 8.55. The largest absolute Gasteiger partial charge is 0.491 e. The van der Waals surface area contributed by atoms with Gasteiger partial charge in [-0.25, -0.2) is 4.79 Å². The van der Waals surface area contributed by atoms with E-state index in [1.54, 1.807) is 11.9 Å². The fourth-order valence-corrected chi connectivity index (χ4v) is 1.83. The van der Waals surface area contributed by atoms with Crippen LogP contribution in [0.1, 0.15) is 6.42 Å². The number of esters is 1. The van der Waals surface area contributed by atoms with Crippen molar-refractivity contribution in [1.82, 2.24) is 15.5 Å². The zero-order valence-corrected chi connectivity index (χ0v) is 12.6. The number of carbonyl (C=O) groups excluding carboxylic acids is 2. The van der Waals surface area contributed by atoms with Crippen molar-refractivity contribution in [1.29, 1.82) is 0 Å². The average molecular weight is 333 g/mol. The van der Waals surface area contributed by atoms with Crippen molar-refractivity contribution < 1.29 is 27.5 Å². The molecule has 0 bridgehead atoms. The van der Waals surface area contributed by atoms with Gasteiger partial charge in [0, 0.05) is 19.1 Å². The summed E-state index contributed by atoms with van der Waals surface area (Å²) in [5, 5.41) is 5.51. The predicted molar refractivity (Wildman–Crippen MR) is 76.0 cm³/mol. The molecule has 1 fully saturated rings. The summed E-state index contributed by atoms with van der Waals surface area (Å²) in [6, 6.07) is -0.223. The second-order valence-electron chi connectivity index (χ2n) is 5.02. The van der Waals surface area contributed by atoms with Crippen molar-refractivity contribution >= 4 is 11.9 Å². The first-order chi connectivity index (χ1) is 10.7. The van der Waals surface area contributed by atoms with E-state index in [4.69, 9.17) is 6.42 Å². The molecule has 1 rings (SSSR count). The van der Waals surface area contributed by atoms with E-state index in [0.717, 1.165) is 6.08 Å². The van der Waals surface area contributed by atoms with Gasteiger partial charge in [-0.1, -0.05) is 5.92 Å². The van der Waals surface area contributed by atoms with Crippen molar-refractivity contribution in [3.05, 3.63) is 11.8 Å². The van der Waals surface area contributed by atoms with E-state index in [9.17, 15) is 22.8 Å². The summed E-state index contributed by atoms with van der Waals surface area (Å²) in [5.41, 5.74) is 0. The number of halogens is 3. The molecule has 1 aliphatic heterocycles. The van der Waals surface area contributed by atoms with Crippen LogP contribution in [-0.4, -0.2) is 62.2 Å². The Morgan fingerprint density at radius 3 is 2.74 bits per heavy atom. The summed E-state index contributed by atoms with van der Waals surface area (Å²) in [4.78, 5) is 24.5. The quantitative estimate of drug-likeness (QED) is 0.310. The zero-order valence-electron chi connectivity index (χ0n) is 12.6. The number of hydrogen-bond donors (Lipinski definition) is 2. The third-order valence-corrected chi connectivity index (χ3v) is 3.00. The average Bonchev–Trinajstić information content (AvgIpc) is 2.95. The van der Waals surface area contributed by atoms with Crippen molar-refractivity contribution in [3.8, 4) is 12.3 Å². The van der Waals surface area contributed by atoms with Crippen LogP contribution in [0.4, 0.5) is 13.2 Å². The Labute approximate surface area is 132 Å². The summed E-state index contributed by atoms with van der Waals surface area (Å²) in [6.07, 6.45) is 1.67. The van der Waals surface area contributed by atoms with Gasteiger partial charge in [0.05, 0.1) is 6.54 Å². The van der Waals surface area contributed by atoms with Crippen LogP contribution in [0, 0.1) is 12.3 Å². The fraction of sp³-hybridized carbons (Fsp3) is 0.571. The molecule has 9 heteroatoms. The maximum absolute atomic E-state index is 12.3. The molecule has 0 aliphatic carbocycles. The first-order valence-electron chi connectivity index (χ1n) is 6.86. The molecule has 0 unspecified atom stereocenters. The van der Waals surface area contributed by atoms with E-state index in [2.05, 4.69) is 21.3 Å². The van der Waals surface area contributed by atoms with Crippen LogP contribution in [0.5, 0.6) is 0 Å². The van der Waals surface area contributed by atoms with Crippen LogP contribution in [0.2, 0.25) is 0 Å². The van der Waals surface area contributed by atoms with Crippen LogP contribution < -0.4 is 10.6 Å². The molecular weight excluding hydrogens is 315 g/mol. The smallest absolute Gasteiger partial charge is 0.414 e. The molecule has 1 aliphatic rings. The van der Waals surface area contributed by atoms with Crippen molar-refractivity contribution in [2.45, 2.75) is 18.6 Å². The normalized spacial score (nSPS) is 18.6. The van der Waals surface area contributed by atoms with Gasteiger partial charge in [0.1, 0.15) is 0 Å². The molecule has 1 saturated heterocycles. The lowest BCUT2D eigenvalue weighted by Gasteiger charge is -2.16. The third kappa shape index (κ3) is 6.71. The Balaban J connectivity index is 2.77. The number of alkyl halides is 3. The molecule has 2 N–H and O–H groups in total. The highest BCUT2D eigenvalue weighted by molar-refractivity contribution is 5.94. The Kier molecular flexibility index (Phi) is 7.06. The summed E-state index contributed by atoms with van der Waals surface area (Å²) in [5.74, 6) is -1.66. The van der Waals surface area contributed by atoms with E-state index in [1.165, 1.54) is 0 Å². The Morgan fingerprint density at radius 1 is 1.52 bits per heavy atom. The molecule has 0 spiro atoms. The highest BCUT2D eigenvalue weighted by Crippen LogP contribution is 2.18. The number of nitrogens with zero attached hydrogens (tertiary/aromatic N) is 1. The van der Waals surface area contributed by atoms with Gasteiger partial charge < -0.3 is 15.4 Å². The highest BCUT2D eigenvalue weighted by Gasteiger charge is 2.42. The van der Waals surface area contributed by atoms with E-state index in [0.29, 0.717) is 19.5 Å². The monoisotopic (exact) mass is 333 g/mol. The molecule has 128 valence electrons. The van der Waals surface area contributed by atoms with Crippen LogP contribution in [0.15, 0.2) is 11.8 Å². The van der Waals surface area contributed by atoms with Crippen molar-refractivity contribution in [2.75, 3.05) is 33.2 Å². The number of carbonyl (C=O) groups is 2. The van der Waals surface area contributed by atoms with Gasteiger partial charge >= 0.3 is 12.1 Å². The lowest BCUT2D eigenvalue weighted by molar-refractivity contribution is -0.195. The van der Waals surface area contributed by atoms with Gasteiger partial charge in [-0.2, -0.15) is 13.2 Å². The minimum absolute atomic E-state index is 0.0566. The fourth-order valence-electron chi connectivity index (χ4n) is 1.83. The summed E-state index contributed by atoms with van der Waals surface area (Å²) >= 11 is 0. The van der Waals surface area contributed by atoms with E-state index in [-0.39, 0.29) is 19.1 Å². The number of terminal acetylenes is 1. The number of likely N-dealkylation sites (N-methyl/N-ethyl adjacent to an activating group) is 1. The van der Waals surface area contributed by atoms with Crippen LogP contribution >= 0.6 is 0 Å². The maximum atomic E-state index is 12.3. The summed E-state index contributed by atoms with van der Waals surface area (Å²) in [7, 11) is 1.61.